The highest BCUT2D eigenvalue weighted by molar-refractivity contribution is 5.89. The number of nitrogens with one attached hydrogen (secondary N) is 3. The summed E-state index contributed by atoms with van der Waals surface area (Å²) in [5, 5.41) is 2.89. The van der Waals surface area contributed by atoms with Crippen molar-refractivity contribution in [3.8, 4) is 0 Å². The summed E-state index contributed by atoms with van der Waals surface area (Å²) in [6.45, 7) is 5.29. The van der Waals surface area contributed by atoms with Gasteiger partial charge in [0.1, 0.15) is 0 Å². The normalized spacial score (nSPS) is 17.1. The van der Waals surface area contributed by atoms with E-state index in [1.165, 1.54) is 11.6 Å². The van der Waals surface area contributed by atoms with Crippen molar-refractivity contribution in [2.75, 3.05) is 18.4 Å². The minimum absolute atomic E-state index is 0.0379. The number of aromatic amines is 2. The number of anilines is 1. The first kappa shape index (κ1) is 17.0. The minimum Gasteiger partial charge on any atom is -0.324 e. The number of likely N-dealkylation sites (tertiary alicyclic amines) is 1. The van der Waals surface area contributed by atoms with E-state index in [1.807, 2.05) is 24.3 Å². The number of aromatic nitrogens is 2. The predicted molar refractivity (Wildman–Crippen MR) is 96.2 cm³/mol. The van der Waals surface area contributed by atoms with Crippen LogP contribution in [0.3, 0.4) is 0 Å². The van der Waals surface area contributed by atoms with Gasteiger partial charge >= 0.3 is 11.7 Å². The van der Waals surface area contributed by atoms with Crippen molar-refractivity contribution in [3.63, 3.8) is 0 Å². The van der Waals surface area contributed by atoms with Gasteiger partial charge < -0.3 is 15.2 Å². The molecule has 2 aromatic rings. The molecule has 1 atom stereocenters. The number of carbonyl (C=O) groups excluding carboxylic acids is 1. The molecular weight excluding hydrogens is 320 g/mol. The first-order chi connectivity index (χ1) is 11.9. The molecule has 132 valence electrons. The van der Waals surface area contributed by atoms with Gasteiger partial charge in [0.15, 0.2) is 0 Å². The number of amides is 2. The van der Waals surface area contributed by atoms with Gasteiger partial charge in [-0.3, -0.25) is 9.78 Å². The number of nitrogens with zero attached hydrogens (tertiary/aromatic N) is 1. The Labute approximate surface area is 145 Å². The van der Waals surface area contributed by atoms with Gasteiger partial charge in [-0.2, -0.15) is 0 Å². The number of benzene rings is 1. The number of hydrogen-bond donors (Lipinski definition) is 3. The molecule has 1 aromatic carbocycles. The third-order valence-corrected chi connectivity index (χ3v) is 4.53. The van der Waals surface area contributed by atoms with Crippen LogP contribution in [-0.4, -0.2) is 34.0 Å². The summed E-state index contributed by atoms with van der Waals surface area (Å²) in [7, 11) is 0. The van der Waals surface area contributed by atoms with E-state index in [-0.39, 0.29) is 11.9 Å². The van der Waals surface area contributed by atoms with Crippen molar-refractivity contribution in [3.05, 3.63) is 62.4 Å². The van der Waals surface area contributed by atoms with Crippen LogP contribution < -0.4 is 16.6 Å². The fourth-order valence-electron chi connectivity index (χ4n) is 3.06. The Morgan fingerprint density at radius 3 is 2.56 bits per heavy atom. The van der Waals surface area contributed by atoms with Crippen LogP contribution in [0, 0.1) is 0 Å². The largest absolute Gasteiger partial charge is 0.325 e. The summed E-state index contributed by atoms with van der Waals surface area (Å²) in [6.07, 6.45) is 0.707. The molecule has 7 nitrogen and oxygen atoms in total. The highest BCUT2D eigenvalue weighted by atomic mass is 16.2. The molecule has 0 bridgehead atoms. The molecule has 3 rings (SSSR count). The first-order valence-electron chi connectivity index (χ1n) is 8.42. The third kappa shape index (κ3) is 3.99. The zero-order chi connectivity index (χ0) is 18.0. The Balaban J connectivity index is 1.64. The quantitative estimate of drug-likeness (QED) is 0.797. The van der Waals surface area contributed by atoms with Crippen LogP contribution >= 0.6 is 0 Å². The standard InChI is InChI=1S/C18H22N4O3/c1-11(2)12-3-5-14(6-4-12)19-18(25)22-8-7-13(10-22)15-9-16(23)21-17(24)20-15/h3-6,9,11,13H,7-8,10H2,1-2H3,(H,19,25)(H2,20,21,23,24). The SMILES string of the molecule is CC(C)c1ccc(NC(=O)N2CCC(c3cc(=O)[nH]c(=O)[nH]3)C2)cc1. The minimum atomic E-state index is -0.518. The summed E-state index contributed by atoms with van der Waals surface area (Å²) in [5.41, 5.74) is 1.60. The predicted octanol–water partition coefficient (Wildman–Crippen LogP) is 2.21. The third-order valence-electron chi connectivity index (χ3n) is 4.53. The molecule has 2 heterocycles. The van der Waals surface area contributed by atoms with Gasteiger partial charge in [0, 0.05) is 36.5 Å². The Bertz CT molecular complexity index is 839. The van der Waals surface area contributed by atoms with Crippen molar-refractivity contribution < 1.29 is 4.79 Å². The van der Waals surface area contributed by atoms with E-state index < -0.39 is 11.2 Å². The molecule has 1 unspecified atom stereocenters. The maximum atomic E-state index is 12.4. The molecule has 3 N–H and O–H groups in total. The summed E-state index contributed by atoms with van der Waals surface area (Å²) < 4.78 is 0. The van der Waals surface area contributed by atoms with Crippen LogP contribution in [0.15, 0.2) is 39.9 Å². The summed E-state index contributed by atoms with van der Waals surface area (Å²) in [5.74, 6) is 0.407. The van der Waals surface area contributed by atoms with Crippen molar-refractivity contribution >= 4 is 11.7 Å². The molecule has 0 aliphatic carbocycles. The number of hydrogen-bond acceptors (Lipinski definition) is 3. The molecule has 0 saturated carbocycles. The van der Waals surface area contributed by atoms with Crippen molar-refractivity contribution in [2.45, 2.75) is 32.1 Å². The van der Waals surface area contributed by atoms with Crippen LogP contribution in [-0.2, 0) is 0 Å². The summed E-state index contributed by atoms with van der Waals surface area (Å²) in [4.78, 5) is 41.7. The van der Waals surface area contributed by atoms with Crippen LogP contribution in [0.5, 0.6) is 0 Å². The summed E-state index contributed by atoms with van der Waals surface area (Å²) in [6, 6.07) is 9.02. The van der Waals surface area contributed by atoms with Gasteiger partial charge in [0.25, 0.3) is 5.56 Å². The maximum Gasteiger partial charge on any atom is 0.325 e. The van der Waals surface area contributed by atoms with Crippen LogP contribution in [0.4, 0.5) is 10.5 Å². The summed E-state index contributed by atoms with van der Waals surface area (Å²) >= 11 is 0. The molecule has 1 saturated heterocycles. The molecule has 7 heteroatoms. The van der Waals surface area contributed by atoms with Gasteiger partial charge in [-0.25, -0.2) is 9.59 Å². The fraction of sp³-hybridized carbons (Fsp3) is 0.389. The molecule has 0 spiro atoms. The van der Waals surface area contributed by atoms with Gasteiger partial charge in [-0.1, -0.05) is 26.0 Å². The highest BCUT2D eigenvalue weighted by Crippen LogP contribution is 2.25. The average molecular weight is 342 g/mol. The fourth-order valence-corrected chi connectivity index (χ4v) is 3.06. The molecule has 1 fully saturated rings. The van der Waals surface area contributed by atoms with Crippen molar-refractivity contribution in [2.24, 2.45) is 0 Å². The van der Waals surface area contributed by atoms with Gasteiger partial charge in [-0.05, 0) is 30.0 Å². The molecule has 1 aliphatic rings. The number of H-pyrrole nitrogens is 2. The monoisotopic (exact) mass is 342 g/mol. The topological polar surface area (TPSA) is 98.1 Å². The Hall–Kier alpha value is -2.83. The van der Waals surface area contributed by atoms with Crippen LogP contribution in [0.2, 0.25) is 0 Å². The van der Waals surface area contributed by atoms with Crippen LogP contribution in [0.25, 0.3) is 0 Å². The number of rotatable bonds is 3. The van der Waals surface area contributed by atoms with Gasteiger partial charge in [-0.15, -0.1) is 0 Å². The number of carbonyl (C=O) groups is 1. The lowest BCUT2D eigenvalue weighted by atomic mass is 10.0. The lowest BCUT2D eigenvalue weighted by molar-refractivity contribution is 0.222. The molecule has 1 aliphatic heterocycles. The lowest BCUT2D eigenvalue weighted by Crippen LogP contribution is -2.33. The number of urea groups is 1. The molecule has 1 aromatic heterocycles. The Morgan fingerprint density at radius 1 is 1.20 bits per heavy atom. The Kier molecular flexibility index (Phi) is 4.74. The molecule has 0 radical (unpaired) electrons. The average Bonchev–Trinajstić information content (AvgIpc) is 3.04. The van der Waals surface area contributed by atoms with E-state index in [4.69, 9.17) is 0 Å². The van der Waals surface area contributed by atoms with E-state index in [0.717, 1.165) is 5.69 Å². The maximum absolute atomic E-state index is 12.4. The molecule has 2 amide bonds. The highest BCUT2D eigenvalue weighted by Gasteiger charge is 2.28. The first-order valence-corrected chi connectivity index (χ1v) is 8.42. The van der Waals surface area contributed by atoms with E-state index in [2.05, 4.69) is 29.1 Å². The van der Waals surface area contributed by atoms with Gasteiger partial charge in [0.2, 0.25) is 0 Å². The van der Waals surface area contributed by atoms with E-state index in [1.54, 1.807) is 4.90 Å². The van der Waals surface area contributed by atoms with Crippen LogP contribution in [0.1, 0.15) is 43.4 Å². The van der Waals surface area contributed by atoms with E-state index >= 15 is 0 Å². The van der Waals surface area contributed by atoms with Gasteiger partial charge in [0.05, 0.1) is 0 Å². The molecular formula is C18H22N4O3. The van der Waals surface area contributed by atoms with Crippen molar-refractivity contribution in [1.82, 2.24) is 14.9 Å². The second-order valence-corrected chi connectivity index (χ2v) is 6.68. The van der Waals surface area contributed by atoms with E-state index in [0.29, 0.717) is 31.1 Å². The smallest absolute Gasteiger partial charge is 0.324 e. The second kappa shape index (κ2) is 6.96. The van der Waals surface area contributed by atoms with E-state index in [9.17, 15) is 14.4 Å². The lowest BCUT2D eigenvalue weighted by Gasteiger charge is -2.18. The zero-order valence-corrected chi connectivity index (χ0v) is 14.3. The molecule has 25 heavy (non-hydrogen) atoms. The Morgan fingerprint density at radius 2 is 1.92 bits per heavy atom. The second-order valence-electron chi connectivity index (χ2n) is 6.68. The van der Waals surface area contributed by atoms with Crippen molar-refractivity contribution in [1.29, 1.82) is 0 Å². The zero-order valence-electron chi connectivity index (χ0n) is 14.3.